The van der Waals surface area contributed by atoms with E-state index in [0.717, 1.165) is 5.75 Å². The second-order valence-corrected chi connectivity index (χ2v) is 4.31. The molecule has 2 rings (SSSR count). The normalized spacial score (nSPS) is 9.95. The summed E-state index contributed by atoms with van der Waals surface area (Å²) in [7, 11) is 0. The van der Waals surface area contributed by atoms with Crippen molar-refractivity contribution in [3.05, 3.63) is 54.2 Å². The maximum absolute atomic E-state index is 12.0. The van der Waals surface area contributed by atoms with Crippen LogP contribution in [-0.4, -0.2) is 24.0 Å². The molecule has 4 N–H and O–H groups in total. The quantitative estimate of drug-likeness (QED) is 0.408. The molecular formula is C15H18N4O2. The SMILES string of the molecule is NNc1ncccc1C(=O)NCCCOc1ccccc1. The van der Waals surface area contributed by atoms with Gasteiger partial charge in [0, 0.05) is 12.7 Å². The number of anilines is 1. The van der Waals surface area contributed by atoms with Crippen LogP contribution < -0.4 is 21.3 Å². The molecule has 0 aliphatic rings. The summed E-state index contributed by atoms with van der Waals surface area (Å²) in [5.41, 5.74) is 2.82. The number of nitrogens with one attached hydrogen (secondary N) is 2. The van der Waals surface area contributed by atoms with Crippen LogP contribution in [-0.2, 0) is 0 Å². The fourth-order valence-corrected chi connectivity index (χ4v) is 1.78. The van der Waals surface area contributed by atoms with Gasteiger partial charge < -0.3 is 15.5 Å². The van der Waals surface area contributed by atoms with E-state index >= 15 is 0 Å². The Balaban J connectivity index is 1.72. The number of pyridine rings is 1. The molecule has 1 amide bonds. The third-order valence-electron chi connectivity index (χ3n) is 2.81. The molecule has 21 heavy (non-hydrogen) atoms. The molecule has 1 aromatic carbocycles. The minimum atomic E-state index is -0.212. The molecule has 0 spiro atoms. The fraction of sp³-hybridized carbons (Fsp3) is 0.200. The summed E-state index contributed by atoms with van der Waals surface area (Å²) >= 11 is 0. The number of carbonyl (C=O) groups excluding carboxylic acids is 1. The van der Waals surface area contributed by atoms with Crippen LogP contribution in [0, 0.1) is 0 Å². The van der Waals surface area contributed by atoms with Gasteiger partial charge in [-0.05, 0) is 30.7 Å². The third kappa shape index (κ3) is 4.47. The van der Waals surface area contributed by atoms with Crippen molar-refractivity contribution < 1.29 is 9.53 Å². The number of nitrogens with two attached hydrogens (primary N) is 1. The second kappa shape index (κ2) is 7.86. The first-order chi connectivity index (χ1) is 10.3. The maximum atomic E-state index is 12.0. The molecule has 0 fully saturated rings. The monoisotopic (exact) mass is 286 g/mol. The van der Waals surface area contributed by atoms with Crippen LogP contribution in [0.5, 0.6) is 5.75 Å². The largest absolute Gasteiger partial charge is 0.494 e. The van der Waals surface area contributed by atoms with E-state index in [0.29, 0.717) is 31.0 Å². The minimum Gasteiger partial charge on any atom is -0.494 e. The van der Waals surface area contributed by atoms with E-state index in [1.165, 1.54) is 0 Å². The number of hydrogen-bond acceptors (Lipinski definition) is 5. The lowest BCUT2D eigenvalue weighted by Crippen LogP contribution is -2.27. The van der Waals surface area contributed by atoms with Gasteiger partial charge in [0.05, 0.1) is 12.2 Å². The molecule has 1 aromatic heterocycles. The second-order valence-electron chi connectivity index (χ2n) is 4.31. The number of amides is 1. The van der Waals surface area contributed by atoms with Crippen molar-refractivity contribution in [3.63, 3.8) is 0 Å². The highest BCUT2D eigenvalue weighted by atomic mass is 16.5. The Morgan fingerprint density at radius 3 is 2.76 bits per heavy atom. The summed E-state index contributed by atoms with van der Waals surface area (Å²) in [6, 6.07) is 12.9. The smallest absolute Gasteiger partial charge is 0.255 e. The van der Waals surface area contributed by atoms with Crippen molar-refractivity contribution in [1.82, 2.24) is 10.3 Å². The van der Waals surface area contributed by atoms with Gasteiger partial charge >= 0.3 is 0 Å². The van der Waals surface area contributed by atoms with Crippen molar-refractivity contribution in [2.45, 2.75) is 6.42 Å². The molecule has 0 radical (unpaired) electrons. The van der Waals surface area contributed by atoms with E-state index in [-0.39, 0.29) is 5.91 Å². The van der Waals surface area contributed by atoms with Gasteiger partial charge in [0.2, 0.25) is 0 Å². The van der Waals surface area contributed by atoms with Crippen molar-refractivity contribution >= 4 is 11.7 Å². The fourth-order valence-electron chi connectivity index (χ4n) is 1.78. The lowest BCUT2D eigenvalue weighted by Gasteiger charge is -2.09. The zero-order valence-electron chi connectivity index (χ0n) is 11.6. The number of ether oxygens (including phenoxy) is 1. The number of aromatic nitrogens is 1. The molecule has 6 heteroatoms. The molecule has 0 aliphatic heterocycles. The van der Waals surface area contributed by atoms with E-state index in [9.17, 15) is 4.79 Å². The third-order valence-corrected chi connectivity index (χ3v) is 2.81. The van der Waals surface area contributed by atoms with E-state index in [2.05, 4.69) is 15.7 Å². The number of nitrogen functional groups attached to an aromatic ring is 1. The van der Waals surface area contributed by atoms with Crippen molar-refractivity contribution in [2.24, 2.45) is 5.84 Å². The summed E-state index contributed by atoms with van der Waals surface area (Å²) in [6.45, 7) is 1.06. The number of benzene rings is 1. The predicted octanol–water partition coefficient (Wildman–Crippen LogP) is 1.57. The van der Waals surface area contributed by atoms with E-state index in [1.807, 2.05) is 30.3 Å². The summed E-state index contributed by atoms with van der Waals surface area (Å²) in [5, 5.41) is 2.81. The Labute approximate surface area is 123 Å². The summed E-state index contributed by atoms with van der Waals surface area (Å²) in [4.78, 5) is 16.0. The van der Waals surface area contributed by atoms with E-state index in [4.69, 9.17) is 10.6 Å². The van der Waals surface area contributed by atoms with Crippen molar-refractivity contribution in [1.29, 1.82) is 0 Å². The topological polar surface area (TPSA) is 89.3 Å². The summed E-state index contributed by atoms with van der Waals surface area (Å²) in [6.07, 6.45) is 2.28. The van der Waals surface area contributed by atoms with Crippen LogP contribution in [0.15, 0.2) is 48.7 Å². The van der Waals surface area contributed by atoms with Gasteiger partial charge in [-0.1, -0.05) is 18.2 Å². The standard InChI is InChI=1S/C15H18N4O2/c16-19-14-13(8-4-9-17-14)15(20)18-10-5-11-21-12-6-2-1-3-7-12/h1-4,6-9H,5,10-11,16H2,(H,17,19)(H,18,20). The molecule has 0 bridgehead atoms. The molecule has 2 aromatic rings. The summed E-state index contributed by atoms with van der Waals surface area (Å²) < 4.78 is 5.54. The zero-order chi connectivity index (χ0) is 14.9. The molecular weight excluding hydrogens is 268 g/mol. The number of hydrogen-bond donors (Lipinski definition) is 3. The number of hydrazine groups is 1. The first-order valence-electron chi connectivity index (χ1n) is 6.69. The Bertz CT molecular complexity index is 575. The molecule has 1 heterocycles. The molecule has 6 nitrogen and oxygen atoms in total. The molecule has 0 saturated carbocycles. The molecule has 0 unspecified atom stereocenters. The molecule has 0 aliphatic carbocycles. The Hall–Kier alpha value is -2.60. The maximum Gasteiger partial charge on any atom is 0.255 e. The zero-order valence-corrected chi connectivity index (χ0v) is 11.6. The summed E-state index contributed by atoms with van der Waals surface area (Å²) in [5.74, 6) is 6.29. The highest BCUT2D eigenvalue weighted by Crippen LogP contribution is 2.10. The van der Waals surface area contributed by atoms with Gasteiger partial charge in [-0.3, -0.25) is 4.79 Å². The van der Waals surface area contributed by atoms with Crippen LogP contribution in [0.2, 0.25) is 0 Å². The average molecular weight is 286 g/mol. The predicted molar refractivity (Wildman–Crippen MR) is 80.9 cm³/mol. The van der Waals surface area contributed by atoms with Gasteiger partial charge in [-0.25, -0.2) is 10.8 Å². The van der Waals surface area contributed by atoms with Gasteiger partial charge in [0.25, 0.3) is 5.91 Å². The first-order valence-corrected chi connectivity index (χ1v) is 6.69. The lowest BCUT2D eigenvalue weighted by molar-refractivity contribution is 0.0952. The van der Waals surface area contributed by atoms with Crippen LogP contribution in [0.1, 0.15) is 16.8 Å². The highest BCUT2D eigenvalue weighted by molar-refractivity contribution is 5.98. The van der Waals surface area contributed by atoms with Gasteiger partial charge in [0.15, 0.2) is 5.82 Å². The van der Waals surface area contributed by atoms with E-state index in [1.54, 1.807) is 18.3 Å². The lowest BCUT2D eigenvalue weighted by atomic mass is 10.2. The van der Waals surface area contributed by atoms with Gasteiger partial charge in [0.1, 0.15) is 5.75 Å². The van der Waals surface area contributed by atoms with Crippen LogP contribution in [0.4, 0.5) is 5.82 Å². The number of nitrogens with zero attached hydrogens (tertiary/aromatic N) is 1. The highest BCUT2D eigenvalue weighted by Gasteiger charge is 2.10. The molecule has 0 saturated heterocycles. The Morgan fingerprint density at radius 1 is 1.19 bits per heavy atom. The minimum absolute atomic E-state index is 0.212. The van der Waals surface area contributed by atoms with Gasteiger partial charge in [-0.2, -0.15) is 0 Å². The van der Waals surface area contributed by atoms with E-state index < -0.39 is 0 Å². The number of carbonyl (C=O) groups is 1. The van der Waals surface area contributed by atoms with Crippen LogP contribution >= 0.6 is 0 Å². The number of para-hydroxylation sites is 1. The van der Waals surface area contributed by atoms with Crippen LogP contribution in [0.25, 0.3) is 0 Å². The Kier molecular flexibility index (Phi) is 5.54. The van der Waals surface area contributed by atoms with Crippen molar-refractivity contribution in [3.8, 4) is 5.75 Å². The van der Waals surface area contributed by atoms with Crippen molar-refractivity contribution in [2.75, 3.05) is 18.6 Å². The molecule has 110 valence electrons. The Morgan fingerprint density at radius 2 is 2.00 bits per heavy atom. The first kappa shape index (κ1) is 14.8. The van der Waals surface area contributed by atoms with Crippen LogP contribution in [0.3, 0.4) is 0 Å². The van der Waals surface area contributed by atoms with Gasteiger partial charge in [-0.15, -0.1) is 0 Å². The average Bonchev–Trinajstić information content (AvgIpc) is 2.55. The number of rotatable bonds is 7. The molecule has 0 atom stereocenters.